The fourth-order valence-electron chi connectivity index (χ4n) is 2.71. The molecule has 1 aromatic carbocycles. The van der Waals surface area contributed by atoms with Gasteiger partial charge in [-0.2, -0.15) is 5.10 Å². The van der Waals surface area contributed by atoms with Gasteiger partial charge in [0.1, 0.15) is 18.2 Å². The molecule has 122 valence electrons. The summed E-state index contributed by atoms with van der Waals surface area (Å²) < 4.78 is 21.1. The van der Waals surface area contributed by atoms with Crippen LogP contribution in [0.2, 0.25) is 0 Å². The van der Waals surface area contributed by atoms with Crippen LogP contribution in [0, 0.1) is 5.82 Å². The molecule has 1 fully saturated rings. The van der Waals surface area contributed by atoms with Crippen molar-refractivity contribution in [2.75, 3.05) is 18.1 Å². The van der Waals surface area contributed by atoms with Crippen molar-refractivity contribution in [3.05, 3.63) is 48.7 Å². The van der Waals surface area contributed by atoms with E-state index in [2.05, 4.69) is 10.1 Å². The molecule has 0 unspecified atom stereocenters. The molecule has 0 radical (unpaired) electrons. The number of nitrogens with zero attached hydrogens (tertiary/aromatic N) is 4. The van der Waals surface area contributed by atoms with Gasteiger partial charge in [0, 0.05) is 17.3 Å². The summed E-state index contributed by atoms with van der Waals surface area (Å²) in [6, 6.07) is 8.03. The normalized spacial score (nSPS) is 17.5. The first-order valence-corrected chi connectivity index (χ1v) is 7.34. The lowest BCUT2D eigenvalue weighted by Gasteiger charge is -2.14. The number of aliphatic hydroxyl groups excluding tert-OH is 1. The number of halogens is 1. The Morgan fingerprint density at radius 1 is 1.33 bits per heavy atom. The maximum Gasteiger partial charge on any atom is 0.414 e. The molecule has 1 aliphatic rings. The molecule has 24 heavy (non-hydrogen) atoms. The largest absolute Gasteiger partial charge is 0.441 e. The van der Waals surface area contributed by atoms with E-state index in [1.165, 1.54) is 17.3 Å². The van der Waals surface area contributed by atoms with Crippen molar-refractivity contribution in [2.45, 2.75) is 6.10 Å². The van der Waals surface area contributed by atoms with E-state index in [-0.39, 0.29) is 13.2 Å². The highest BCUT2D eigenvalue weighted by Crippen LogP contribution is 2.29. The summed E-state index contributed by atoms with van der Waals surface area (Å²) in [5, 5.41) is 13.1. The number of carbonyl (C=O) groups excluding carboxylic acids is 1. The highest BCUT2D eigenvalue weighted by Gasteiger charge is 2.32. The van der Waals surface area contributed by atoms with E-state index in [1.807, 2.05) is 0 Å². The Labute approximate surface area is 135 Å². The molecule has 0 aliphatic carbocycles. The third-order valence-electron chi connectivity index (χ3n) is 3.93. The number of fused-ring (bicyclic) bond motifs is 1. The molecule has 0 spiro atoms. The Balaban J connectivity index is 1.68. The Bertz CT molecular complexity index is 927. The average Bonchev–Trinajstić information content (AvgIpc) is 3.20. The number of benzene rings is 1. The van der Waals surface area contributed by atoms with E-state index >= 15 is 0 Å². The maximum atomic E-state index is 14.5. The first-order chi connectivity index (χ1) is 11.7. The number of pyridine rings is 1. The van der Waals surface area contributed by atoms with Crippen LogP contribution in [0.15, 0.2) is 42.9 Å². The summed E-state index contributed by atoms with van der Waals surface area (Å²) >= 11 is 0. The molecule has 7 nitrogen and oxygen atoms in total. The number of rotatable bonds is 3. The van der Waals surface area contributed by atoms with E-state index in [9.17, 15) is 9.18 Å². The third kappa shape index (κ3) is 2.37. The second kappa shape index (κ2) is 5.57. The molecule has 2 aromatic heterocycles. The van der Waals surface area contributed by atoms with Crippen LogP contribution >= 0.6 is 0 Å². The number of carbonyl (C=O) groups is 1. The number of ether oxygens (including phenoxy) is 1. The molecule has 1 aliphatic heterocycles. The standard InChI is InChI=1S/C16H13FN4O3/c17-14-5-11(20-7-12(8-22)24-16(20)23)2-3-13(14)10-1-4-15-18-9-19-21(15)6-10/h1-6,9,12,22H,7-8H2/t12-/m1/s1. The van der Waals surface area contributed by atoms with Gasteiger partial charge >= 0.3 is 6.09 Å². The number of aromatic nitrogens is 3. The van der Waals surface area contributed by atoms with Crippen molar-refractivity contribution in [3.8, 4) is 11.1 Å². The molecular formula is C16H13FN4O3. The number of hydrogen-bond donors (Lipinski definition) is 1. The van der Waals surface area contributed by atoms with Gasteiger partial charge < -0.3 is 9.84 Å². The van der Waals surface area contributed by atoms with Gasteiger partial charge in [0.2, 0.25) is 0 Å². The van der Waals surface area contributed by atoms with Crippen LogP contribution < -0.4 is 4.90 Å². The van der Waals surface area contributed by atoms with E-state index in [0.29, 0.717) is 22.5 Å². The lowest BCUT2D eigenvalue weighted by molar-refractivity contribution is 0.0963. The molecule has 1 N–H and O–H groups in total. The second-order valence-corrected chi connectivity index (χ2v) is 5.44. The van der Waals surface area contributed by atoms with Crippen molar-refractivity contribution >= 4 is 17.4 Å². The molecule has 4 rings (SSSR count). The van der Waals surface area contributed by atoms with Gasteiger partial charge in [-0.1, -0.05) is 0 Å². The molecule has 3 aromatic rings. The van der Waals surface area contributed by atoms with E-state index in [4.69, 9.17) is 9.84 Å². The number of cyclic esters (lactones) is 1. The maximum absolute atomic E-state index is 14.5. The molecule has 0 saturated carbocycles. The first kappa shape index (κ1) is 14.6. The fourth-order valence-corrected chi connectivity index (χ4v) is 2.71. The summed E-state index contributed by atoms with van der Waals surface area (Å²) in [5.74, 6) is -0.466. The third-order valence-corrected chi connectivity index (χ3v) is 3.93. The zero-order chi connectivity index (χ0) is 16.7. The molecule has 0 bridgehead atoms. The van der Waals surface area contributed by atoms with E-state index in [0.717, 1.165) is 0 Å². The lowest BCUT2D eigenvalue weighted by atomic mass is 10.1. The molecule has 3 heterocycles. The van der Waals surface area contributed by atoms with Gasteiger partial charge in [0.05, 0.1) is 18.8 Å². The van der Waals surface area contributed by atoms with Crippen molar-refractivity contribution in [1.29, 1.82) is 0 Å². The number of amides is 1. The van der Waals surface area contributed by atoms with E-state index < -0.39 is 18.0 Å². The zero-order valence-electron chi connectivity index (χ0n) is 12.5. The predicted octanol–water partition coefficient (Wildman–Crippen LogP) is 1.85. The highest BCUT2D eigenvalue weighted by atomic mass is 19.1. The van der Waals surface area contributed by atoms with Crippen LogP contribution in [0.1, 0.15) is 0 Å². The molecule has 1 atom stereocenters. The smallest absolute Gasteiger partial charge is 0.414 e. The minimum absolute atomic E-state index is 0.193. The Kier molecular flexibility index (Phi) is 3.39. The highest BCUT2D eigenvalue weighted by molar-refractivity contribution is 5.90. The monoisotopic (exact) mass is 328 g/mol. The minimum Gasteiger partial charge on any atom is -0.441 e. The summed E-state index contributed by atoms with van der Waals surface area (Å²) in [6.07, 6.45) is 1.93. The second-order valence-electron chi connectivity index (χ2n) is 5.44. The summed E-state index contributed by atoms with van der Waals surface area (Å²) in [5.41, 5.74) is 2.10. The minimum atomic E-state index is -0.592. The van der Waals surface area contributed by atoms with Crippen LogP contribution in [0.25, 0.3) is 16.8 Å². The van der Waals surface area contributed by atoms with Gasteiger partial charge in [0.15, 0.2) is 5.65 Å². The Morgan fingerprint density at radius 2 is 2.21 bits per heavy atom. The number of hydrogen-bond acceptors (Lipinski definition) is 5. The number of aliphatic hydroxyl groups is 1. The van der Waals surface area contributed by atoms with Gasteiger partial charge in [-0.3, -0.25) is 4.90 Å². The first-order valence-electron chi connectivity index (χ1n) is 7.34. The van der Waals surface area contributed by atoms with E-state index in [1.54, 1.807) is 35.0 Å². The molecule has 8 heteroatoms. The molecular weight excluding hydrogens is 315 g/mol. The van der Waals surface area contributed by atoms with Crippen molar-refractivity contribution in [2.24, 2.45) is 0 Å². The summed E-state index contributed by atoms with van der Waals surface area (Å²) in [6.45, 7) is -0.0697. The number of anilines is 1. The Morgan fingerprint density at radius 3 is 2.96 bits per heavy atom. The SMILES string of the molecule is O=C1O[C@@H](CO)CN1c1ccc(-c2ccc3ncnn3c2)c(F)c1. The van der Waals surface area contributed by atoms with Gasteiger partial charge in [0.25, 0.3) is 0 Å². The summed E-state index contributed by atoms with van der Waals surface area (Å²) in [4.78, 5) is 17.1. The van der Waals surface area contributed by atoms with Crippen molar-refractivity contribution < 1.29 is 19.0 Å². The van der Waals surface area contributed by atoms with Crippen LogP contribution in [-0.4, -0.2) is 45.1 Å². The van der Waals surface area contributed by atoms with Gasteiger partial charge in [-0.25, -0.2) is 18.7 Å². The topological polar surface area (TPSA) is 80.0 Å². The zero-order valence-corrected chi connectivity index (χ0v) is 12.5. The average molecular weight is 328 g/mol. The predicted molar refractivity (Wildman–Crippen MR) is 83.1 cm³/mol. The van der Waals surface area contributed by atoms with Crippen LogP contribution in [0.4, 0.5) is 14.9 Å². The Hall–Kier alpha value is -3.00. The summed E-state index contributed by atoms with van der Waals surface area (Å²) in [7, 11) is 0. The van der Waals surface area contributed by atoms with Gasteiger partial charge in [-0.15, -0.1) is 0 Å². The fraction of sp³-hybridized carbons (Fsp3) is 0.188. The quantitative estimate of drug-likeness (QED) is 0.794. The van der Waals surface area contributed by atoms with Crippen molar-refractivity contribution in [3.63, 3.8) is 0 Å². The molecule has 1 amide bonds. The lowest BCUT2D eigenvalue weighted by Crippen LogP contribution is -2.25. The van der Waals surface area contributed by atoms with Crippen molar-refractivity contribution in [1.82, 2.24) is 14.6 Å². The van der Waals surface area contributed by atoms with Gasteiger partial charge in [-0.05, 0) is 30.3 Å². The van der Waals surface area contributed by atoms with Crippen LogP contribution in [0.5, 0.6) is 0 Å². The van der Waals surface area contributed by atoms with Crippen LogP contribution in [-0.2, 0) is 4.74 Å². The molecule has 1 saturated heterocycles. The van der Waals surface area contributed by atoms with Crippen LogP contribution in [0.3, 0.4) is 0 Å².